The van der Waals surface area contributed by atoms with Gasteiger partial charge in [-0.15, -0.1) is 0 Å². The molecule has 0 aliphatic heterocycles. The van der Waals surface area contributed by atoms with Crippen LogP contribution >= 0.6 is 11.6 Å². The van der Waals surface area contributed by atoms with Crippen LogP contribution < -0.4 is 5.32 Å². The van der Waals surface area contributed by atoms with E-state index in [1.807, 2.05) is 11.6 Å². The average molecular weight is 244 g/mol. The molecule has 0 fully saturated rings. The number of aromatic nitrogens is 2. The lowest BCUT2D eigenvalue weighted by Gasteiger charge is -2.19. The number of halogens is 1. The standard InChI is InChI=1S/C12H22ClN3/c1-5-11(7-14-6-9(2)3)16-10(4)12(13)8-15-16/h8-9,11,14H,5-7H2,1-4H3. The van der Waals surface area contributed by atoms with Crippen molar-refractivity contribution in [2.24, 2.45) is 5.92 Å². The summed E-state index contributed by atoms with van der Waals surface area (Å²) in [6.45, 7) is 10.6. The first kappa shape index (κ1) is 13.5. The smallest absolute Gasteiger partial charge is 0.0815 e. The van der Waals surface area contributed by atoms with E-state index in [1.165, 1.54) is 0 Å². The highest BCUT2D eigenvalue weighted by molar-refractivity contribution is 6.31. The van der Waals surface area contributed by atoms with Gasteiger partial charge in [0.1, 0.15) is 0 Å². The molecule has 1 unspecified atom stereocenters. The van der Waals surface area contributed by atoms with E-state index in [0.717, 1.165) is 30.2 Å². The molecule has 0 aliphatic rings. The van der Waals surface area contributed by atoms with Crippen LogP contribution in [-0.2, 0) is 0 Å². The van der Waals surface area contributed by atoms with Crippen LogP contribution in [0, 0.1) is 12.8 Å². The third-order valence-electron chi connectivity index (χ3n) is 2.73. The Morgan fingerprint density at radius 1 is 1.44 bits per heavy atom. The summed E-state index contributed by atoms with van der Waals surface area (Å²) in [4.78, 5) is 0. The molecule has 1 rings (SSSR count). The molecule has 1 heterocycles. The predicted octanol–water partition coefficient (Wildman–Crippen LogP) is 3.04. The number of nitrogens with one attached hydrogen (secondary N) is 1. The molecule has 1 aromatic heterocycles. The molecule has 92 valence electrons. The van der Waals surface area contributed by atoms with Gasteiger partial charge >= 0.3 is 0 Å². The van der Waals surface area contributed by atoms with Crippen molar-refractivity contribution in [1.82, 2.24) is 15.1 Å². The SMILES string of the molecule is CCC(CNCC(C)C)n1ncc(Cl)c1C. The monoisotopic (exact) mass is 243 g/mol. The Bertz CT molecular complexity index is 320. The molecule has 4 heteroatoms. The topological polar surface area (TPSA) is 29.9 Å². The summed E-state index contributed by atoms with van der Waals surface area (Å²) in [5, 5.41) is 8.55. The summed E-state index contributed by atoms with van der Waals surface area (Å²) in [6.07, 6.45) is 2.78. The fourth-order valence-corrected chi connectivity index (χ4v) is 1.84. The molecule has 16 heavy (non-hydrogen) atoms. The van der Waals surface area contributed by atoms with Gasteiger partial charge in [0.15, 0.2) is 0 Å². The Morgan fingerprint density at radius 3 is 2.56 bits per heavy atom. The lowest BCUT2D eigenvalue weighted by Crippen LogP contribution is -2.29. The van der Waals surface area contributed by atoms with Crippen molar-refractivity contribution in [3.63, 3.8) is 0 Å². The second-order valence-corrected chi connectivity index (χ2v) is 5.04. The van der Waals surface area contributed by atoms with Gasteiger partial charge in [-0.05, 0) is 25.8 Å². The minimum Gasteiger partial charge on any atom is -0.314 e. The molecule has 0 aliphatic carbocycles. The third-order valence-corrected chi connectivity index (χ3v) is 3.11. The predicted molar refractivity (Wildman–Crippen MR) is 69.0 cm³/mol. The summed E-state index contributed by atoms with van der Waals surface area (Å²) >= 11 is 6.01. The van der Waals surface area contributed by atoms with Crippen molar-refractivity contribution in [1.29, 1.82) is 0 Å². The molecule has 0 bridgehead atoms. The summed E-state index contributed by atoms with van der Waals surface area (Å²) in [5.41, 5.74) is 1.06. The number of hydrogen-bond acceptors (Lipinski definition) is 2. The Kier molecular flexibility index (Phi) is 5.29. The van der Waals surface area contributed by atoms with Crippen LogP contribution in [0.3, 0.4) is 0 Å². The minimum atomic E-state index is 0.395. The minimum absolute atomic E-state index is 0.395. The molecule has 0 amide bonds. The number of rotatable bonds is 6. The van der Waals surface area contributed by atoms with Gasteiger partial charge < -0.3 is 5.32 Å². The Hall–Kier alpha value is -0.540. The van der Waals surface area contributed by atoms with Crippen molar-refractivity contribution in [2.45, 2.75) is 40.2 Å². The Labute approximate surface area is 103 Å². The van der Waals surface area contributed by atoms with Crippen molar-refractivity contribution in [2.75, 3.05) is 13.1 Å². The zero-order valence-electron chi connectivity index (χ0n) is 10.6. The first-order valence-corrected chi connectivity index (χ1v) is 6.34. The Balaban J connectivity index is 2.57. The Morgan fingerprint density at radius 2 is 2.12 bits per heavy atom. The average Bonchev–Trinajstić information content (AvgIpc) is 2.55. The van der Waals surface area contributed by atoms with Crippen LogP contribution in [-0.4, -0.2) is 22.9 Å². The zero-order valence-corrected chi connectivity index (χ0v) is 11.4. The van der Waals surface area contributed by atoms with Crippen LogP contribution in [0.15, 0.2) is 6.20 Å². The van der Waals surface area contributed by atoms with Gasteiger partial charge in [0.05, 0.1) is 23.0 Å². The van der Waals surface area contributed by atoms with Crippen LogP contribution in [0.2, 0.25) is 5.02 Å². The highest BCUT2D eigenvalue weighted by Crippen LogP contribution is 2.19. The van der Waals surface area contributed by atoms with Crippen LogP contribution in [0.5, 0.6) is 0 Å². The number of hydrogen-bond donors (Lipinski definition) is 1. The van der Waals surface area contributed by atoms with E-state index in [2.05, 4.69) is 31.2 Å². The molecular weight excluding hydrogens is 222 g/mol. The molecule has 3 nitrogen and oxygen atoms in total. The van der Waals surface area contributed by atoms with Gasteiger partial charge in [0, 0.05) is 6.54 Å². The van der Waals surface area contributed by atoms with Gasteiger partial charge in [-0.1, -0.05) is 32.4 Å². The molecule has 0 aromatic carbocycles. The van der Waals surface area contributed by atoms with Gasteiger partial charge in [0.2, 0.25) is 0 Å². The first-order valence-electron chi connectivity index (χ1n) is 5.96. The van der Waals surface area contributed by atoms with Gasteiger partial charge in [0.25, 0.3) is 0 Å². The maximum absolute atomic E-state index is 6.01. The maximum atomic E-state index is 6.01. The second-order valence-electron chi connectivity index (χ2n) is 4.64. The summed E-state index contributed by atoms with van der Waals surface area (Å²) < 4.78 is 2.02. The van der Waals surface area contributed by atoms with Crippen molar-refractivity contribution in [3.8, 4) is 0 Å². The summed E-state index contributed by atoms with van der Waals surface area (Å²) in [6, 6.07) is 0.395. The maximum Gasteiger partial charge on any atom is 0.0815 e. The molecular formula is C12H22ClN3. The largest absolute Gasteiger partial charge is 0.314 e. The molecule has 1 N–H and O–H groups in total. The van der Waals surface area contributed by atoms with E-state index >= 15 is 0 Å². The molecule has 1 atom stereocenters. The van der Waals surface area contributed by atoms with Crippen LogP contribution in [0.25, 0.3) is 0 Å². The molecule has 0 spiro atoms. The van der Waals surface area contributed by atoms with E-state index in [-0.39, 0.29) is 0 Å². The van der Waals surface area contributed by atoms with Gasteiger partial charge in [-0.25, -0.2) is 0 Å². The van der Waals surface area contributed by atoms with Crippen LogP contribution in [0.1, 0.15) is 38.9 Å². The number of nitrogens with zero attached hydrogens (tertiary/aromatic N) is 2. The van der Waals surface area contributed by atoms with E-state index < -0.39 is 0 Å². The first-order chi connectivity index (χ1) is 7.56. The lowest BCUT2D eigenvalue weighted by atomic mass is 10.2. The van der Waals surface area contributed by atoms with E-state index in [1.54, 1.807) is 6.20 Å². The zero-order chi connectivity index (χ0) is 12.1. The molecule has 1 aromatic rings. The summed E-state index contributed by atoms with van der Waals surface area (Å²) in [5.74, 6) is 0.680. The van der Waals surface area contributed by atoms with E-state index in [0.29, 0.717) is 12.0 Å². The highest BCUT2D eigenvalue weighted by Gasteiger charge is 2.13. The quantitative estimate of drug-likeness (QED) is 0.832. The van der Waals surface area contributed by atoms with Gasteiger partial charge in [-0.2, -0.15) is 5.10 Å². The van der Waals surface area contributed by atoms with Gasteiger partial charge in [-0.3, -0.25) is 4.68 Å². The molecule has 0 saturated heterocycles. The fraction of sp³-hybridized carbons (Fsp3) is 0.750. The lowest BCUT2D eigenvalue weighted by molar-refractivity contribution is 0.393. The van der Waals surface area contributed by atoms with Crippen molar-refractivity contribution < 1.29 is 0 Å². The second kappa shape index (κ2) is 6.26. The van der Waals surface area contributed by atoms with E-state index in [9.17, 15) is 0 Å². The normalized spacial score (nSPS) is 13.4. The summed E-state index contributed by atoms with van der Waals surface area (Å²) in [7, 11) is 0. The van der Waals surface area contributed by atoms with E-state index in [4.69, 9.17) is 11.6 Å². The van der Waals surface area contributed by atoms with Crippen molar-refractivity contribution >= 4 is 11.6 Å². The molecule has 0 saturated carbocycles. The third kappa shape index (κ3) is 3.49. The van der Waals surface area contributed by atoms with Crippen LogP contribution in [0.4, 0.5) is 0 Å². The highest BCUT2D eigenvalue weighted by atomic mass is 35.5. The van der Waals surface area contributed by atoms with Crippen molar-refractivity contribution in [3.05, 3.63) is 16.9 Å². The molecule has 0 radical (unpaired) electrons. The fourth-order valence-electron chi connectivity index (χ4n) is 1.71.